The van der Waals surface area contributed by atoms with E-state index in [9.17, 15) is 33.9 Å². The van der Waals surface area contributed by atoms with Crippen molar-refractivity contribution in [3.63, 3.8) is 0 Å². The van der Waals surface area contributed by atoms with Gasteiger partial charge in [-0.05, 0) is 70.0 Å². The lowest BCUT2D eigenvalue weighted by atomic mass is 9.94. The Kier molecular flexibility index (Phi) is 13.0. The summed E-state index contributed by atoms with van der Waals surface area (Å²) >= 11 is 0. The van der Waals surface area contributed by atoms with Crippen LogP contribution in [-0.2, 0) is 25.7 Å². The largest absolute Gasteiger partial charge is 0.491 e. The molecule has 0 saturated heterocycles. The Balaban J connectivity index is 2.30. The predicted molar refractivity (Wildman–Crippen MR) is 171 cm³/mol. The van der Waals surface area contributed by atoms with E-state index in [4.69, 9.17) is 4.74 Å². The number of carbonyl (C=O) groups excluding carboxylic acids is 4. The third-order valence-corrected chi connectivity index (χ3v) is 6.47. The number of ether oxygens (including phenoxy) is 1. The van der Waals surface area contributed by atoms with E-state index in [1.54, 1.807) is 78.8 Å². The summed E-state index contributed by atoms with van der Waals surface area (Å²) in [5.74, 6) is -2.82. The van der Waals surface area contributed by atoms with Crippen molar-refractivity contribution in [2.75, 3.05) is 6.61 Å². The number of hydrogen-bond acceptors (Lipinski definition) is 7. The van der Waals surface area contributed by atoms with Crippen LogP contribution in [0.25, 0.3) is 6.08 Å². The van der Waals surface area contributed by atoms with Gasteiger partial charge in [0.2, 0.25) is 17.7 Å². The monoisotopic (exact) mass is 637 g/mol. The number of nitriles is 1. The molecule has 0 radical (unpaired) electrons. The second kappa shape index (κ2) is 16.0. The highest BCUT2D eigenvalue weighted by molar-refractivity contribution is 6.02. The van der Waals surface area contributed by atoms with Crippen LogP contribution in [0.2, 0.25) is 0 Å². The van der Waals surface area contributed by atoms with Crippen molar-refractivity contribution < 1.29 is 33.4 Å². The second-order valence-corrected chi connectivity index (χ2v) is 13.1. The van der Waals surface area contributed by atoms with Gasteiger partial charge in [0.25, 0.3) is 5.91 Å². The molecule has 4 amide bonds. The van der Waals surface area contributed by atoms with E-state index in [2.05, 4.69) is 21.3 Å². The summed E-state index contributed by atoms with van der Waals surface area (Å²) in [5, 5.41) is 30.2. The highest BCUT2D eigenvalue weighted by Crippen LogP contribution is 2.18. The summed E-state index contributed by atoms with van der Waals surface area (Å²) in [6.45, 7) is 12.8. The second-order valence-electron chi connectivity index (χ2n) is 13.1. The molecule has 248 valence electrons. The first-order valence-electron chi connectivity index (χ1n) is 14.8. The first-order chi connectivity index (χ1) is 21.3. The average Bonchev–Trinajstić information content (AvgIpc) is 2.94. The molecule has 3 unspecified atom stereocenters. The van der Waals surface area contributed by atoms with Crippen LogP contribution in [0.15, 0.2) is 48.0 Å². The van der Waals surface area contributed by atoms with Crippen LogP contribution in [0.3, 0.4) is 0 Å². The number of amides is 4. The van der Waals surface area contributed by atoms with Gasteiger partial charge in [-0.3, -0.25) is 19.2 Å². The van der Waals surface area contributed by atoms with Crippen molar-refractivity contribution >= 4 is 29.7 Å². The molecule has 0 saturated carbocycles. The Hall–Kier alpha value is -4.76. The van der Waals surface area contributed by atoms with Crippen LogP contribution in [0.4, 0.5) is 4.39 Å². The molecule has 5 N–H and O–H groups in total. The number of aliphatic hydroxyl groups excluding tert-OH is 1. The summed E-state index contributed by atoms with van der Waals surface area (Å²) in [4.78, 5) is 51.6. The molecule has 0 heterocycles. The van der Waals surface area contributed by atoms with Crippen LogP contribution in [0.5, 0.6) is 5.75 Å². The number of carbonyl (C=O) groups is 4. The van der Waals surface area contributed by atoms with Gasteiger partial charge in [0.1, 0.15) is 41.9 Å². The van der Waals surface area contributed by atoms with E-state index < -0.39 is 65.2 Å². The molecule has 0 aliphatic carbocycles. The Morgan fingerprint density at radius 1 is 1.02 bits per heavy atom. The SMILES string of the molecule is Cc1ccc(CNC(=O)C(COc2cccc(C=C(C#N)C(=O)NC(C)(C)C)c2)NC(=O)C(NC(=O)C(C)(C)C)C(C)O)c(F)c1. The van der Waals surface area contributed by atoms with Crippen LogP contribution in [-0.4, -0.2) is 59.1 Å². The predicted octanol–water partition coefficient (Wildman–Crippen LogP) is 3.05. The molecular weight excluding hydrogens is 593 g/mol. The van der Waals surface area contributed by atoms with Crippen molar-refractivity contribution in [3.05, 3.63) is 70.5 Å². The van der Waals surface area contributed by atoms with Gasteiger partial charge in [-0.1, -0.05) is 45.0 Å². The van der Waals surface area contributed by atoms with E-state index in [1.165, 1.54) is 25.1 Å². The normalized spacial score (nSPS) is 13.8. The van der Waals surface area contributed by atoms with E-state index in [0.29, 0.717) is 11.1 Å². The minimum Gasteiger partial charge on any atom is -0.491 e. The zero-order valence-electron chi connectivity index (χ0n) is 27.6. The highest BCUT2D eigenvalue weighted by Gasteiger charge is 2.33. The Labute approximate surface area is 269 Å². The molecule has 0 fully saturated rings. The quantitative estimate of drug-likeness (QED) is 0.176. The molecule has 0 aliphatic heterocycles. The first kappa shape index (κ1) is 37.4. The first-order valence-corrected chi connectivity index (χ1v) is 14.8. The number of aliphatic hydroxyl groups is 1. The van der Waals surface area contributed by atoms with Gasteiger partial charge in [0.05, 0.1) is 6.10 Å². The van der Waals surface area contributed by atoms with Gasteiger partial charge in [-0.15, -0.1) is 0 Å². The van der Waals surface area contributed by atoms with Gasteiger partial charge in [0, 0.05) is 23.1 Å². The Bertz CT molecular complexity index is 1500. The molecule has 0 aromatic heterocycles. The number of halogens is 1. The van der Waals surface area contributed by atoms with Crippen molar-refractivity contribution in [2.45, 2.75) is 85.7 Å². The summed E-state index contributed by atoms with van der Waals surface area (Å²) in [5.41, 5.74) is -0.123. The average molecular weight is 638 g/mol. The van der Waals surface area contributed by atoms with Crippen LogP contribution < -0.4 is 26.0 Å². The van der Waals surface area contributed by atoms with Gasteiger partial charge < -0.3 is 31.1 Å². The minimum absolute atomic E-state index is 0.124. The molecule has 3 atom stereocenters. The van der Waals surface area contributed by atoms with Crippen LogP contribution >= 0.6 is 0 Å². The lowest BCUT2D eigenvalue weighted by molar-refractivity contribution is -0.137. The van der Waals surface area contributed by atoms with Gasteiger partial charge >= 0.3 is 0 Å². The van der Waals surface area contributed by atoms with Crippen LogP contribution in [0, 0.1) is 29.5 Å². The van der Waals surface area contributed by atoms with Crippen molar-refractivity contribution in [1.82, 2.24) is 21.3 Å². The van der Waals surface area contributed by atoms with Gasteiger partial charge in [-0.25, -0.2) is 4.39 Å². The Morgan fingerprint density at radius 2 is 1.70 bits per heavy atom. The topological polar surface area (TPSA) is 170 Å². The molecule has 2 aromatic rings. The molecule has 0 aliphatic rings. The molecule has 2 aromatic carbocycles. The maximum absolute atomic E-state index is 14.4. The van der Waals surface area contributed by atoms with Gasteiger partial charge in [0.15, 0.2) is 0 Å². The van der Waals surface area contributed by atoms with Crippen LogP contribution in [0.1, 0.15) is 65.2 Å². The van der Waals surface area contributed by atoms with Crippen molar-refractivity contribution in [3.8, 4) is 11.8 Å². The molecule has 0 bridgehead atoms. The van der Waals surface area contributed by atoms with Gasteiger partial charge in [-0.2, -0.15) is 5.26 Å². The fourth-order valence-corrected chi connectivity index (χ4v) is 3.91. The van der Waals surface area contributed by atoms with E-state index in [0.717, 1.165) is 0 Å². The maximum atomic E-state index is 14.4. The molecule has 2 rings (SSSR count). The summed E-state index contributed by atoms with van der Waals surface area (Å²) < 4.78 is 20.3. The standard InChI is InChI=1S/C34H44FN5O6/c1-20-12-13-23(26(35)14-20)18-37-30(43)27(38-31(44)28(21(2)41)39-32(45)33(3,4)5)19-46-25-11-9-10-22(16-25)15-24(17-36)29(42)40-34(6,7)8/h9-16,21,27-28,41H,18-19H2,1-8H3,(H,37,43)(H,38,44)(H,39,45)(H,40,42). The number of aryl methyl sites for hydroxylation is 1. The zero-order chi connectivity index (χ0) is 34.8. The molecule has 0 spiro atoms. The number of nitrogens with one attached hydrogen (secondary N) is 4. The maximum Gasteiger partial charge on any atom is 0.262 e. The molecule has 11 nitrogen and oxygen atoms in total. The summed E-state index contributed by atoms with van der Waals surface area (Å²) in [6.07, 6.45) is 0.0899. The third-order valence-electron chi connectivity index (χ3n) is 6.47. The lowest BCUT2D eigenvalue weighted by Gasteiger charge is -2.27. The third kappa shape index (κ3) is 12.0. The minimum atomic E-state index is -1.38. The number of rotatable bonds is 12. The van der Waals surface area contributed by atoms with E-state index in [-0.39, 0.29) is 23.4 Å². The Morgan fingerprint density at radius 3 is 2.26 bits per heavy atom. The molecular formula is C34H44FN5O6. The summed E-state index contributed by atoms with van der Waals surface area (Å²) in [6, 6.07) is 10.1. The fraction of sp³-hybridized carbons (Fsp3) is 0.441. The molecule has 12 heteroatoms. The van der Waals surface area contributed by atoms with Crippen molar-refractivity contribution in [2.24, 2.45) is 5.41 Å². The van der Waals surface area contributed by atoms with Crippen molar-refractivity contribution in [1.29, 1.82) is 5.26 Å². The van der Waals surface area contributed by atoms with E-state index in [1.807, 2.05) is 6.07 Å². The highest BCUT2D eigenvalue weighted by atomic mass is 19.1. The smallest absolute Gasteiger partial charge is 0.262 e. The molecule has 46 heavy (non-hydrogen) atoms. The lowest BCUT2D eigenvalue weighted by Crippen LogP contribution is -2.59. The number of benzene rings is 2. The fourth-order valence-electron chi connectivity index (χ4n) is 3.91. The number of nitrogens with zero attached hydrogens (tertiary/aromatic N) is 1. The number of hydrogen-bond donors (Lipinski definition) is 5. The zero-order valence-corrected chi connectivity index (χ0v) is 27.6. The van der Waals surface area contributed by atoms with E-state index >= 15 is 0 Å². The summed E-state index contributed by atoms with van der Waals surface area (Å²) in [7, 11) is 0.